The molecule has 1 aromatic rings. The molecule has 3 aliphatic carbocycles. The molecule has 2 heteroatoms. The SMILES string of the molecule is COc1ccc2c(c1)CC[C@@H]1[C@@H]2CC[C@]2(C)/C(=C(\C)C#N)CC[C@@H]12. The average molecular weight is 321 g/mol. The van der Waals surface area contributed by atoms with Gasteiger partial charge in [0.2, 0.25) is 0 Å². The predicted octanol–water partition coefficient (Wildman–Crippen LogP) is 5.39. The first-order valence-electron chi connectivity index (χ1n) is 9.35. The molecule has 3 aliphatic rings. The molecule has 0 unspecified atom stereocenters. The lowest BCUT2D eigenvalue weighted by Gasteiger charge is -2.49. The van der Waals surface area contributed by atoms with Crippen LogP contribution in [0.25, 0.3) is 0 Å². The Morgan fingerprint density at radius 3 is 2.83 bits per heavy atom. The molecular weight excluding hydrogens is 294 g/mol. The number of fused-ring (bicyclic) bond motifs is 5. The maximum absolute atomic E-state index is 9.39. The Balaban J connectivity index is 1.69. The van der Waals surface area contributed by atoms with Crippen LogP contribution in [0.2, 0.25) is 0 Å². The highest BCUT2D eigenvalue weighted by atomic mass is 16.5. The molecule has 24 heavy (non-hydrogen) atoms. The van der Waals surface area contributed by atoms with E-state index in [4.69, 9.17) is 4.74 Å². The van der Waals surface area contributed by atoms with Gasteiger partial charge in [0.25, 0.3) is 0 Å². The van der Waals surface area contributed by atoms with Crippen LogP contribution in [0.5, 0.6) is 5.75 Å². The van der Waals surface area contributed by atoms with Crippen LogP contribution in [0.4, 0.5) is 0 Å². The minimum absolute atomic E-state index is 0.269. The Labute approximate surface area is 145 Å². The fourth-order valence-corrected chi connectivity index (χ4v) is 6.18. The summed E-state index contributed by atoms with van der Waals surface area (Å²) in [5, 5.41) is 9.39. The van der Waals surface area contributed by atoms with E-state index in [1.54, 1.807) is 12.7 Å². The number of rotatable bonds is 1. The Morgan fingerprint density at radius 2 is 2.08 bits per heavy atom. The van der Waals surface area contributed by atoms with E-state index in [0.29, 0.717) is 5.92 Å². The summed E-state index contributed by atoms with van der Waals surface area (Å²) in [6, 6.07) is 9.13. The van der Waals surface area contributed by atoms with Crippen molar-refractivity contribution in [3.63, 3.8) is 0 Å². The molecule has 2 nitrogen and oxygen atoms in total. The van der Waals surface area contributed by atoms with Gasteiger partial charge in [-0.05, 0) is 91.9 Å². The van der Waals surface area contributed by atoms with E-state index < -0.39 is 0 Å². The topological polar surface area (TPSA) is 33.0 Å². The van der Waals surface area contributed by atoms with Crippen LogP contribution in [0.15, 0.2) is 29.3 Å². The molecular formula is C22H27NO. The van der Waals surface area contributed by atoms with Gasteiger partial charge in [-0.2, -0.15) is 5.26 Å². The van der Waals surface area contributed by atoms with Gasteiger partial charge in [-0.15, -0.1) is 0 Å². The number of aryl methyl sites for hydroxylation is 1. The van der Waals surface area contributed by atoms with E-state index in [9.17, 15) is 5.26 Å². The second-order valence-corrected chi connectivity index (χ2v) is 8.19. The first-order chi connectivity index (χ1) is 11.6. The highest BCUT2D eigenvalue weighted by Gasteiger charge is 2.52. The third-order valence-corrected chi connectivity index (χ3v) is 7.34. The van der Waals surface area contributed by atoms with E-state index >= 15 is 0 Å². The molecule has 0 heterocycles. The number of hydrogen-bond donors (Lipinski definition) is 0. The quantitative estimate of drug-likeness (QED) is 0.650. The zero-order valence-electron chi connectivity index (χ0n) is 15.1. The minimum Gasteiger partial charge on any atom is -0.497 e. The molecule has 0 bridgehead atoms. The Morgan fingerprint density at radius 1 is 1.25 bits per heavy atom. The number of hydrogen-bond acceptors (Lipinski definition) is 2. The van der Waals surface area contributed by atoms with E-state index in [1.807, 2.05) is 6.92 Å². The Kier molecular flexibility index (Phi) is 3.71. The molecule has 4 rings (SSSR count). The van der Waals surface area contributed by atoms with Gasteiger partial charge in [-0.1, -0.05) is 18.6 Å². The van der Waals surface area contributed by atoms with Gasteiger partial charge >= 0.3 is 0 Å². The standard InChI is InChI=1S/C22H27NO/c1-14(13-23)20-8-9-21-19-6-4-15-12-16(24-3)5-7-17(15)18(19)10-11-22(20,21)2/h5,7,12,18-19,21H,4,6,8-11H2,1-3H3/b20-14+/t18-,19-,21+,22-/m1/s1. The molecule has 0 radical (unpaired) electrons. The van der Waals surface area contributed by atoms with Crippen molar-refractivity contribution in [1.82, 2.24) is 0 Å². The van der Waals surface area contributed by atoms with E-state index in [2.05, 4.69) is 31.2 Å². The van der Waals surface area contributed by atoms with Crippen LogP contribution in [-0.2, 0) is 6.42 Å². The van der Waals surface area contributed by atoms with E-state index in [1.165, 1.54) is 43.2 Å². The van der Waals surface area contributed by atoms with Crippen molar-refractivity contribution in [1.29, 1.82) is 5.26 Å². The first-order valence-corrected chi connectivity index (χ1v) is 9.35. The van der Waals surface area contributed by atoms with Crippen molar-refractivity contribution in [2.75, 3.05) is 7.11 Å². The van der Waals surface area contributed by atoms with Crippen LogP contribution in [-0.4, -0.2) is 7.11 Å². The Bertz CT molecular complexity index is 741. The van der Waals surface area contributed by atoms with Crippen molar-refractivity contribution in [2.45, 2.75) is 58.3 Å². The summed E-state index contributed by atoms with van der Waals surface area (Å²) in [6.07, 6.45) is 7.38. The van der Waals surface area contributed by atoms with E-state index in [-0.39, 0.29) is 5.41 Å². The smallest absolute Gasteiger partial charge is 0.119 e. The maximum atomic E-state index is 9.39. The molecule has 0 N–H and O–H groups in total. The van der Waals surface area contributed by atoms with Gasteiger partial charge in [0.15, 0.2) is 0 Å². The van der Waals surface area contributed by atoms with Crippen LogP contribution < -0.4 is 4.74 Å². The van der Waals surface area contributed by atoms with Crippen LogP contribution in [0.1, 0.15) is 63.0 Å². The highest BCUT2D eigenvalue weighted by molar-refractivity contribution is 5.42. The predicted molar refractivity (Wildman–Crippen MR) is 95.9 cm³/mol. The molecule has 0 aliphatic heterocycles. The lowest BCUT2D eigenvalue weighted by molar-refractivity contribution is 0.0810. The molecule has 126 valence electrons. The maximum Gasteiger partial charge on any atom is 0.119 e. The van der Waals surface area contributed by atoms with Gasteiger partial charge in [0.1, 0.15) is 5.75 Å². The van der Waals surface area contributed by atoms with Crippen molar-refractivity contribution < 1.29 is 4.74 Å². The Hall–Kier alpha value is -1.75. The van der Waals surface area contributed by atoms with Gasteiger partial charge in [0.05, 0.1) is 13.2 Å². The van der Waals surface area contributed by atoms with Gasteiger partial charge in [0, 0.05) is 5.57 Å². The summed E-state index contributed by atoms with van der Waals surface area (Å²) in [5.41, 5.74) is 5.79. The van der Waals surface area contributed by atoms with Crippen molar-refractivity contribution >= 4 is 0 Å². The fourth-order valence-electron chi connectivity index (χ4n) is 6.18. The second-order valence-electron chi connectivity index (χ2n) is 8.19. The summed E-state index contributed by atoms with van der Waals surface area (Å²) >= 11 is 0. The monoisotopic (exact) mass is 321 g/mol. The number of methoxy groups -OCH3 is 1. The van der Waals surface area contributed by atoms with Crippen LogP contribution >= 0.6 is 0 Å². The zero-order chi connectivity index (χ0) is 16.9. The summed E-state index contributed by atoms with van der Waals surface area (Å²) in [5.74, 6) is 3.24. The number of nitrogens with zero attached hydrogens (tertiary/aromatic N) is 1. The molecule has 0 saturated heterocycles. The molecule has 2 fully saturated rings. The normalized spacial score (nSPS) is 36.2. The first kappa shape index (κ1) is 15.8. The van der Waals surface area contributed by atoms with Crippen LogP contribution in [0, 0.1) is 28.6 Å². The molecule has 1 aromatic carbocycles. The number of nitriles is 1. The van der Waals surface area contributed by atoms with Gasteiger partial charge in [-0.25, -0.2) is 0 Å². The van der Waals surface area contributed by atoms with Crippen molar-refractivity contribution in [3.05, 3.63) is 40.5 Å². The van der Waals surface area contributed by atoms with Gasteiger partial charge in [-0.3, -0.25) is 0 Å². The number of allylic oxidation sites excluding steroid dienone is 2. The van der Waals surface area contributed by atoms with Crippen LogP contribution in [0.3, 0.4) is 0 Å². The summed E-state index contributed by atoms with van der Waals surface area (Å²) in [6.45, 7) is 4.47. The number of ether oxygens (including phenoxy) is 1. The third-order valence-electron chi connectivity index (χ3n) is 7.34. The number of benzene rings is 1. The third kappa shape index (κ3) is 2.14. The molecule has 0 spiro atoms. The summed E-state index contributed by atoms with van der Waals surface area (Å²) < 4.78 is 5.42. The van der Waals surface area contributed by atoms with E-state index in [0.717, 1.165) is 29.6 Å². The van der Waals surface area contributed by atoms with Crippen molar-refractivity contribution in [2.24, 2.45) is 17.3 Å². The lowest BCUT2D eigenvalue weighted by Crippen LogP contribution is -2.40. The second kappa shape index (κ2) is 5.66. The minimum atomic E-state index is 0.269. The largest absolute Gasteiger partial charge is 0.497 e. The lowest BCUT2D eigenvalue weighted by atomic mass is 9.55. The average Bonchev–Trinajstić information content (AvgIpc) is 2.97. The van der Waals surface area contributed by atoms with Crippen molar-refractivity contribution in [3.8, 4) is 11.8 Å². The summed E-state index contributed by atoms with van der Waals surface area (Å²) in [7, 11) is 1.75. The molecule has 0 aromatic heterocycles. The zero-order valence-corrected chi connectivity index (χ0v) is 15.1. The molecule has 2 saturated carbocycles. The molecule has 0 amide bonds. The molecule has 4 atom stereocenters. The highest BCUT2D eigenvalue weighted by Crippen LogP contribution is 2.63. The summed E-state index contributed by atoms with van der Waals surface area (Å²) in [4.78, 5) is 0. The fraction of sp³-hybridized carbons (Fsp3) is 0.591. The van der Waals surface area contributed by atoms with Gasteiger partial charge < -0.3 is 4.74 Å².